The Morgan fingerprint density at radius 1 is 0.554 bits per heavy atom. The van der Waals surface area contributed by atoms with Crippen molar-refractivity contribution in [1.29, 1.82) is 10.5 Å². The van der Waals surface area contributed by atoms with Gasteiger partial charge in [-0.25, -0.2) is 14.8 Å². The van der Waals surface area contributed by atoms with E-state index in [0.717, 1.165) is 58.7 Å². The zero-order valence-corrected chi connectivity index (χ0v) is 70.5. The molecule has 10 unspecified atom stereocenters. The molecule has 0 radical (unpaired) electrons. The number of thioether (sulfide) groups is 1. The summed E-state index contributed by atoms with van der Waals surface area (Å²) in [5.41, 5.74) is 36.7. The average molecular weight is 1730 g/mol. The number of nitrogens with zero attached hydrogens (tertiary/aromatic N) is 5. The number of carbonyl (C=O) groups excluding carboxylic acids is 13. The number of nitrogens with one attached hydrogen (secondary N) is 5. The van der Waals surface area contributed by atoms with Gasteiger partial charge in [-0.05, 0) is 149 Å². The highest BCUT2D eigenvalue weighted by Gasteiger charge is 2.43. The maximum Gasteiger partial charge on any atom is 0.315 e. The predicted molar refractivity (Wildman–Crippen MR) is 461 cm³/mol. The summed E-state index contributed by atoms with van der Waals surface area (Å²) in [4.78, 5) is 183. The van der Waals surface area contributed by atoms with Crippen LogP contribution in [0.4, 0.5) is 16.2 Å². The monoisotopic (exact) mass is 1720 g/mol. The first-order chi connectivity index (χ1) is 57.9. The van der Waals surface area contributed by atoms with Crippen molar-refractivity contribution in [3.63, 3.8) is 0 Å². The van der Waals surface area contributed by atoms with Gasteiger partial charge in [0, 0.05) is 148 Å². The van der Waals surface area contributed by atoms with Crippen LogP contribution in [0.1, 0.15) is 182 Å². The summed E-state index contributed by atoms with van der Waals surface area (Å²) < 4.78 is 1.45. The van der Waals surface area contributed by atoms with E-state index >= 15 is 0 Å². The van der Waals surface area contributed by atoms with Gasteiger partial charge in [0.2, 0.25) is 29.5 Å². The number of aliphatic hydroxyl groups is 2. The summed E-state index contributed by atoms with van der Waals surface area (Å²) in [5, 5.41) is 73.4. The van der Waals surface area contributed by atoms with Gasteiger partial charge in [-0.1, -0.05) is 50.5 Å². The van der Waals surface area contributed by atoms with Crippen molar-refractivity contribution in [2.75, 3.05) is 49.2 Å². The topological polar surface area (TPSA) is 605 Å². The number of fused-ring (bicyclic) bond motifs is 3. The number of aliphatic hydroxyl groups excluding tert-OH is 2. The van der Waals surface area contributed by atoms with E-state index in [1.54, 1.807) is 72.8 Å². The number of primary amides is 2. The van der Waals surface area contributed by atoms with Crippen LogP contribution >= 0.6 is 34.4 Å². The van der Waals surface area contributed by atoms with Gasteiger partial charge in [-0.2, -0.15) is 22.3 Å². The molecular weight excluding hydrogens is 1610 g/mol. The highest BCUT2D eigenvalue weighted by molar-refractivity contribution is 8.00. The number of Topliss-reactive ketones (excluding diaryl/α,β-unsaturated/α-hetero) is 7. The number of benzene rings is 4. The number of thiazole rings is 2. The lowest BCUT2D eigenvalue weighted by Gasteiger charge is -2.23. The van der Waals surface area contributed by atoms with Crippen molar-refractivity contribution in [3.8, 4) is 23.6 Å². The molecule has 4 heterocycles. The first-order valence-electron chi connectivity index (χ1n) is 40.6. The fraction of sp³-hybridized carbons (Fsp3) is 0.506. The lowest BCUT2D eigenvalue weighted by atomic mass is 9.80. The van der Waals surface area contributed by atoms with Crippen LogP contribution in [0.5, 0.6) is 11.5 Å². The van der Waals surface area contributed by atoms with Crippen molar-refractivity contribution in [2.45, 2.75) is 197 Å². The number of nitrogens with two attached hydrogens (primary N) is 6. The van der Waals surface area contributed by atoms with Crippen LogP contribution in [0.3, 0.4) is 0 Å². The van der Waals surface area contributed by atoms with Crippen molar-refractivity contribution in [2.24, 2.45) is 74.9 Å². The van der Waals surface area contributed by atoms with E-state index in [-0.39, 0.29) is 135 Å². The molecule has 33 nitrogen and oxygen atoms in total. The molecule has 121 heavy (non-hydrogen) atoms. The van der Waals surface area contributed by atoms with Crippen LogP contribution < -0.4 is 61.0 Å². The molecule has 2 aromatic heterocycles. The van der Waals surface area contributed by atoms with E-state index in [1.807, 2.05) is 23.9 Å². The molecular formula is C85H112N16O17S3. The number of aliphatic imine (C=N–C) groups is 1. The number of phenols is 2. The minimum Gasteiger partial charge on any atom is -0.508 e. The number of unbranched alkanes of at least 4 members (excludes halogenated alkanes) is 4. The molecule has 2 aliphatic heterocycles. The molecule has 7 amide bonds. The highest BCUT2D eigenvalue weighted by atomic mass is 32.2. The normalized spacial score (nSPS) is 15.5. The number of carbonyl (C=O) groups is 13. The standard InChI is InChI=1S/C64H87N11O15S2.C17H14N4O2S.C4H11N/c65-33-60-73-48-19-15-44(32-56(48)92-60)72-62(89)41(25-37-11-16-45(78)17-12-37)31-52(83)39(13-21-57(66)86)29-51(82)40(14-22-58(67)87)30-54(85)43(35-77)27-47(80)18-20-50(81)38(7-6-24-71-63(68)69)28-53(84)42(34-76)26-46(79)8-2-1-5-23-70-59(88)10-4-3-9-55-61-49(36-91-55)74-64(90)75-61;18-9-16-21-14-6-3-11(8-15(14)24-16)20-17(23)13(19)7-10-1-4-12(22)5-2-10;1-2-3-4-5/h11-12,15-17,19,32,38-43,49,55,61,76-78H,1-10,13-14,18,20-31,34-36H2,(H2,66,86)(H2,67,87)(H,70,88)(H,72,89)(H4,68,69,71)(H2,74,75,90);1-6,8,13,22H,7,19H2,(H,20,23);2-5H2,1H3. The minimum atomic E-state index is -1.36. The van der Waals surface area contributed by atoms with Crippen LogP contribution in [0.25, 0.3) is 20.4 Å². The number of guanidine groups is 1. The molecule has 0 bridgehead atoms. The Hall–Kier alpha value is -11.0. The first kappa shape index (κ1) is 98.8. The van der Waals surface area contributed by atoms with Gasteiger partial charge in [-0.3, -0.25) is 62.5 Å². The Bertz CT molecular complexity index is 4640. The number of aromatic nitrogens is 2. The van der Waals surface area contributed by atoms with E-state index in [1.165, 1.54) is 36.3 Å². The number of rotatable bonds is 53. The summed E-state index contributed by atoms with van der Waals surface area (Å²) in [6, 6.07) is 26.1. The minimum absolute atomic E-state index is 0.00290. The third-order valence-electron chi connectivity index (χ3n) is 20.7. The van der Waals surface area contributed by atoms with Crippen molar-refractivity contribution < 1.29 is 82.8 Å². The number of nitriles is 2. The Kier molecular flexibility index (Phi) is 42.7. The average Bonchev–Trinajstić information content (AvgIpc) is 1.68. The van der Waals surface area contributed by atoms with Gasteiger partial charge in [0.25, 0.3) is 0 Å². The molecule has 2 fully saturated rings. The molecule has 2 aliphatic rings. The second-order valence-electron chi connectivity index (χ2n) is 30.3. The molecule has 4 aromatic carbocycles. The summed E-state index contributed by atoms with van der Waals surface area (Å²) in [5.74, 6) is -12.6. The molecule has 0 spiro atoms. The molecule has 10 atom stereocenters. The van der Waals surface area contributed by atoms with Crippen molar-refractivity contribution >= 4 is 148 Å². The zero-order chi connectivity index (χ0) is 88.5. The van der Waals surface area contributed by atoms with Crippen molar-refractivity contribution in [3.05, 3.63) is 106 Å². The Balaban J connectivity index is 0.000000650. The maximum atomic E-state index is 14.3. The van der Waals surface area contributed by atoms with E-state index < -0.39 is 139 Å². The molecule has 36 heteroatoms. The number of hydrogen-bond donors (Lipinski definition) is 15. The highest BCUT2D eigenvalue weighted by Crippen LogP contribution is 2.35. The molecule has 0 aliphatic carbocycles. The van der Waals surface area contributed by atoms with Crippen LogP contribution in [-0.4, -0.2) is 174 Å². The third-order valence-corrected chi connectivity index (χ3v) is 24.1. The Labute approximate surface area is 714 Å². The molecule has 8 rings (SSSR count). The summed E-state index contributed by atoms with van der Waals surface area (Å²) >= 11 is 4.22. The quantitative estimate of drug-likeness (QED) is 0.00794. The van der Waals surface area contributed by atoms with Gasteiger partial charge in [0.1, 0.15) is 64.1 Å². The number of ketones is 7. The lowest BCUT2D eigenvalue weighted by Crippen LogP contribution is -2.37. The number of amides is 7. The Morgan fingerprint density at radius 3 is 1.55 bits per heavy atom. The number of hydrogen-bond acceptors (Lipinski definition) is 27. The maximum absolute atomic E-state index is 14.3. The number of urea groups is 1. The summed E-state index contributed by atoms with van der Waals surface area (Å²) in [6.07, 6.45) is 3.19. The van der Waals surface area contributed by atoms with Gasteiger partial charge in [-0.15, -0.1) is 22.7 Å². The zero-order valence-electron chi connectivity index (χ0n) is 68.0. The molecule has 2 saturated heterocycles. The SMILES string of the molecule is CCCCN.N#Cc1nc2ccc(NC(=O)C(CC(=O)C(CCC(N)=O)CC(=O)C(CCC(N)=O)CC(=O)C(CO)CC(=O)CCC(=O)C(CCCN=C(N)N)CC(=O)C(CO)CC(=O)CCCCCNC(=O)CCCCC3SCC4NC(=O)NC43)Cc3ccc(O)cc3)cc2s1.N#Cc1nc2ccc(NC(=O)C(N)Cc3ccc(O)cc3)cc2s1. The molecule has 6 aromatic rings. The van der Waals surface area contributed by atoms with Gasteiger partial charge in [0.15, 0.2) is 16.0 Å². The van der Waals surface area contributed by atoms with Gasteiger partial charge in [0.05, 0.1) is 51.8 Å². The smallest absolute Gasteiger partial charge is 0.315 e. The number of anilines is 2. The summed E-state index contributed by atoms with van der Waals surface area (Å²) in [7, 11) is 0. The van der Waals surface area contributed by atoms with E-state index in [2.05, 4.69) is 48.5 Å². The van der Waals surface area contributed by atoms with Gasteiger partial charge < -0.3 is 81.4 Å². The molecule has 652 valence electrons. The van der Waals surface area contributed by atoms with Crippen LogP contribution in [0.15, 0.2) is 89.9 Å². The predicted octanol–water partition coefficient (Wildman–Crippen LogP) is 6.96. The van der Waals surface area contributed by atoms with Crippen LogP contribution in [0.2, 0.25) is 0 Å². The summed E-state index contributed by atoms with van der Waals surface area (Å²) in [6.45, 7) is 2.03. The Morgan fingerprint density at radius 2 is 1.05 bits per heavy atom. The molecule has 21 N–H and O–H groups in total. The van der Waals surface area contributed by atoms with Gasteiger partial charge >= 0.3 is 6.03 Å². The number of aromatic hydroxyl groups is 2. The van der Waals surface area contributed by atoms with E-state index in [0.29, 0.717) is 76.1 Å². The lowest BCUT2D eigenvalue weighted by molar-refractivity contribution is -0.135. The van der Waals surface area contributed by atoms with Crippen molar-refractivity contribution in [1.82, 2.24) is 25.9 Å². The van der Waals surface area contributed by atoms with Crippen LogP contribution in [0, 0.1) is 58.2 Å². The van der Waals surface area contributed by atoms with E-state index in [9.17, 15) is 88.0 Å². The second kappa shape index (κ2) is 52.3. The second-order valence-corrected chi connectivity index (χ2v) is 33.6. The fourth-order valence-electron chi connectivity index (χ4n) is 13.9. The third kappa shape index (κ3) is 35.3. The van der Waals surface area contributed by atoms with Crippen LogP contribution in [-0.2, 0) is 70.4 Å². The fourth-order valence-corrected chi connectivity index (χ4v) is 17.0. The molecule has 0 saturated carbocycles. The van der Waals surface area contributed by atoms with E-state index in [4.69, 9.17) is 39.7 Å². The number of phenolic OH excluding ortho intramolecular Hbond substituents is 2. The first-order valence-corrected chi connectivity index (χ1v) is 43.3. The largest absolute Gasteiger partial charge is 0.508 e.